The Bertz CT molecular complexity index is 254. The van der Waals surface area contributed by atoms with E-state index in [1.807, 2.05) is 11.8 Å². The van der Waals surface area contributed by atoms with Crippen LogP contribution in [0.25, 0.3) is 0 Å². The van der Waals surface area contributed by atoms with Crippen LogP contribution in [0.1, 0.15) is 19.3 Å². The first-order chi connectivity index (χ1) is 7.59. The van der Waals surface area contributed by atoms with E-state index >= 15 is 0 Å². The molecule has 0 aromatic carbocycles. The molecule has 1 aliphatic rings. The van der Waals surface area contributed by atoms with Gasteiger partial charge in [0, 0.05) is 18.8 Å². The molecule has 0 radical (unpaired) electrons. The molecule has 2 N–H and O–H groups in total. The molecule has 92 valence electrons. The van der Waals surface area contributed by atoms with Crippen LogP contribution >= 0.6 is 11.8 Å². The number of urea groups is 1. The number of carboxylic acid groups (broad SMARTS) is 1. The molecule has 1 fully saturated rings. The molecule has 2 amide bonds. The molecule has 1 heterocycles. The molecular formula is C10H18N2O3S. The second-order valence-electron chi connectivity index (χ2n) is 3.92. The normalized spacial score (nSPS) is 20.2. The summed E-state index contributed by atoms with van der Waals surface area (Å²) < 4.78 is 0. The quantitative estimate of drug-likeness (QED) is 0.776. The van der Waals surface area contributed by atoms with Gasteiger partial charge in [0.05, 0.1) is 0 Å². The lowest BCUT2D eigenvalue weighted by Crippen LogP contribution is -2.42. The van der Waals surface area contributed by atoms with Crippen LogP contribution < -0.4 is 5.32 Å². The minimum absolute atomic E-state index is 0.260. The maximum absolute atomic E-state index is 11.5. The Kier molecular flexibility index (Phi) is 5.45. The van der Waals surface area contributed by atoms with Gasteiger partial charge in [0.1, 0.15) is 6.54 Å². The SMILES string of the molecule is CN(CC(=O)O)C(=O)NCC1CCCCS1. The van der Waals surface area contributed by atoms with Crippen LogP contribution in [-0.4, -0.2) is 53.1 Å². The smallest absolute Gasteiger partial charge is 0.323 e. The predicted octanol–water partition coefficient (Wildman–Crippen LogP) is 0.998. The van der Waals surface area contributed by atoms with Gasteiger partial charge in [-0.15, -0.1) is 0 Å². The number of carbonyl (C=O) groups excluding carboxylic acids is 1. The first kappa shape index (κ1) is 13.2. The third-order valence-electron chi connectivity index (χ3n) is 2.47. The van der Waals surface area contributed by atoms with Gasteiger partial charge in [0.25, 0.3) is 0 Å². The number of likely N-dealkylation sites (N-methyl/N-ethyl adjacent to an activating group) is 1. The first-order valence-corrected chi connectivity index (χ1v) is 6.47. The summed E-state index contributed by atoms with van der Waals surface area (Å²) in [7, 11) is 1.48. The third kappa shape index (κ3) is 4.74. The molecular weight excluding hydrogens is 228 g/mol. The number of nitrogens with zero attached hydrogens (tertiary/aromatic N) is 1. The number of hydrogen-bond donors (Lipinski definition) is 2. The van der Waals surface area contributed by atoms with Gasteiger partial charge < -0.3 is 15.3 Å². The fourth-order valence-corrected chi connectivity index (χ4v) is 2.82. The number of thioether (sulfide) groups is 1. The van der Waals surface area contributed by atoms with E-state index in [1.165, 1.54) is 24.8 Å². The predicted molar refractivity (Wildman–Crippen MR) is 63.8 cm³/mol. The van der Waals surface area contributed by atoms with Crippen molar-refractivity contribution in [2.75, 3.05) is 25.9 Å². The van der Waals surface area contributed by atoms with E-state index < -0.39 is 5.97 Å². The average molecular weight is 246 g/mol. The Morgan fingerprint density at radius 3 is 2.81 bits per heavy atom. The van der Waals surface area contributed by atoms with E-state index in [2.05, 4.69) is 5.32 Å². The van der Waals surface area contributed by atoms with Crippen molar-refractivity contribution in [3.8, 4) is 0 Å². The lowest BCUT2D eigenvalue weighted by atomic mass is 10.2. The van der Waals surface area contributed by atoms with Crippen molar-refractivity contribution in [3.63, 3.8) is 0 Å². The minimum Gasteiger partial charge on any atom is -0.480 e. The summed E-state index contributed by atoms with van der Waals surface area (Å²) in [5.74, 6) is 0.163. The number of amides is 2. The van der Waals surface area contributed by atoms with Gasteiger partial charge in [-0.05, 0) is 18.6 Å². The lowest BCUT2D eigenvalue weighted by Gasteiger charge is -2.23. The molecule has 16 heavy (non-hydrogen) atoms. The van der Waals surface area contributed by atoms with E-state index in [1.54, 1.807) is 0 Å². The van der Waals surface area contributed by atoms with Crippen LogP contribution in [0.3, 0.4) is 0 Å². The Hall–Kier alpha value is -0.910. The summed E-state index contributed by atoms with van der Waals surface area (Å²) in [6.07, 6.45) is 3.61. The molecule has 0 bridgehead atoms. The molecule has 5 nitrogen and oxygen atoms in total. The van der Waals surface area contributed by atoms with Crippen LogP contribution in [0.4, 0.5) is 4.79 Å². The highest BCUT2D eigenvalue weighted by Gasteiger charge is 2.16. The van der Waals surface area contributed by atoms with Crippen LogP contribution in [-0.2, 0) is 4.79 Å². The monoisotopic (exact) mass is 246 g/mol. The highest BCUT2D eigenvalue weighted by molar-refractivity contribution is 7.99. The van der Waals surface area contributed by atoms with Gasteiger partial charge in [-0.2, -0.15) is 11.8 Å². The number of rotatable bonds is 4. The molecule has 6 heteroatoms. The zero-order chi connectivity index (χ0) is 12.0. The molecule has 0 saturated carbocycles. The molecule has 1 aliphatic heterocycles. The molecule has 0 aliphatic carbocycles. The van der Waals surface area contributed by atoms with E-state index in [9.17, 15) is 9.59 Å². The van der Waals surface area contributed by atoms with Gasteiger partial charge in [0.2, 0.25) is 0 Å². The second kappa shape index (κ2) is 6.62. The third-order valence-corrected chi connectivity index (χ3v) is 3.87. The van der Waals surface area contributed by atoms with Crippen molar-refractivity contribution in [2.45, 2.75) is 24.5 Å². The summed E-state index contributed by atoms with van der Waals surface area (Å²) in [5, 5.41) is 11.8. The minimum atomic E-state index is -0.996. The van der Waals surface area contributed by atoms with E-state index in [0.717, 1.165) is 12.2 Å². The zero-order valence-electron chi connectivity index (χ0n) is 9.44. The largest absolute Gasteiger partial charge is 0.480 e. The topological polar surface area (TPSA) is 69.6 Å². The van der Waals surface area contributed by atoms with Gasteiger partial charge in [0.15, 0.2) is 0 Å². The van der Waals surface area contributed by atoms with Gasteiger partial charge in [-0.1, -0.05) is 6.42 Å². The van der Waals surface area contributed by atoms with Crippen LogP contribution in [0.5, 0.6) is 0 Å². The summed E-state index contributed by atoms with van der Waals surface area (Å²) >= 11 is 1.88. The maximum atomic E-state index is 11.5. The number of hydrogen-bond acceptors (Lipinski definition) is 3. The lowest BCUT2D eigenvalue weighted by molar-refractivity contribution is -0.137. The molecule has 1 atom stereocenters. The molecule has 0 aromatic heterocycles. The van der Waals surface area contributed by atoms with Gasteiger partial charge >= 0.3 is 12.0 Å². The maximum Gasteiger partial charge on any atom is 0.323 e. The number of aliphatic carboxylic acids is 1. The van der Waals surface area contributed by atoms with Crippen LogP contribution in [0, 0.1) is 0 Å². The van der Waals surface area contributed by atoms with Gasteiger partial charge in [-0.3, -0.25) is 4.79 Å². The Morgan fingerprint density at radius 1 is 1.50 bits per heavy atom. The van der Waals surface area contributed by atoms with Crippen LogP contribution in [0.2, 0.25) is 0 Å². The highest BCUT2D eigenvalue weighted by Crippen LogP contribution is 2.24. The molecule has 1 unspecified atom stereocenters. The standard InChI is InChI=1S/C10H18N2O3S/c1-12(7-9(13)14)10(15)11-6-8-4-2-3-5-16-8/h8H,2-7H2,1H3,(H,11,15)(H,13,14). The summed E-state index contributed by atoms with van der Waals surface area (Å²) in [4.78, 5) is 23.0. The Labute approximate surface area is 99.6 Å². The van der Waals surface area contributed by atoms with Crippen molar-refractivity contribution in [3.05, 3.63) is 0 Å². The van der Waals surface area contributed by atoms with E-state index in [-0.39, 0.29) is 12.6 Å². The number of carboxylic acids is 1. The van der Waals surface area contributed by atoms with Crippen molar-refractivity contribution in [2.24, 2.45) is 0 Å². The fourth-order valence-electron chi connectivity index (χ4n) is 1.58. The van der Waals surface area contributed by atoms with E-state index in [0.29, 0.717) is 11.8 Å². The number of nitrogens with one attached hydrogen (secondary N) is 1. The van der Waals surface area contributed by atoms with Crippen molar-refractivity contribution in [1.82, 2.24) is 10.2 Å². The molecule has 1 saturated heterocycles. The van der Waals surface area contributed by atoms with Crippen molar-refractivity contribution < 1.29 is 14.7 Å². The fraction of sp³-hybridized carbons (Fsp3) is 0.800. The number of carbonyl (C=O) groups is 2. The molecule has 0 aromatic rings. The van der Waals surface area contributed by atoms with Crippen molar-refractivity contribution in [1.29, 1.82) is 0 Å². The highest BCUT2D eigenvalue weighted by atomic mass is 32.2. The van der Waals surface area contributed by atoms with Crippen LogP contribution in [0.15, 0.2) is 0 Å². The summed E-state index contributed by atoms with van der Waals surface area (Å²) in [6.45, 7) is 0.372. The summed E-state index contributed by atoms with van der Waals surface area (Å²) in [6, 6.07) is -0.312. The molecule has 1 rings (SSSR count). The van der Waals surface area contributed by atoms with E-state index in [4.69, 9.17) is 5.11 Å². The zero-order valence-corrected chi connectivity index (χ0v) is 10.3. The second-order valence-corrected chi connectivity index (χ2v) is 5.33. The van der Waals surface area contributed by atoms with Gasteiger partial charge in [-0.25, -0.2) is 4.79 Å². The first-order valence-electron chi connectivity index (χ1n) is 5.42. The van der Waals surface area contributed by atoms with Crippen molar-refractivity contribution >= 4 is 23.8 Å². The Morgan fingerprint density at radius 2 is 2.25 bits per heavy atom. The Balaban J connectivity index is 2.20. The summed E-state index contributed by atoms with van der Waals surface area (Å²) in [5.41, 5.74) is 0. The molecule has 0 spiro atoms. The average Bonchev–Trinajstić information content (AvgIpc) is 2.26.